The molecule has 104 valence electrons. The van der Waals surface area contributed by atoms with E-state index in [9.17, 15) is 9.59 Å². The first-order chi connectivity index (χ1) is 9.63. The highest BCUT2D eigenvalue weighted by Crippen LogP contribution is 2.30. The molecular weight excluding hydrogens is 274 g/mol. The molecule has 2 saturated heterocycles. The molecule has 2 aliphatic heterocycles. The third-order valence-electron chi connectivity index (χ3n) is 3.43. The summed E-state index contributed by atoms with van der Waals surface area (Å²) >= 11 is 0.939. The second-order valence-corrected chi connectivity index (χ2v) is 5.92. The topological polar surface area (TPSA) is 75.4 Å². The van der Waals surface area contributed by atoms with E-state index in [1.807, 2.05) is 24.3 Å². The quantitative estimate of drug-likeness (QED) is 0.808. The molecule has 0 aliphatic carbocycles. The monoisotopic (exact) mass is 289 g/mol. The molecule has 6 heteroatoms. The maximum atomic E-state index is 11.6. The molecule has 20 heavy (non-hydrogen) atoms. The number of hydrogen-bond acceptors (Lipinski definition) is 5. The molecule has 0 bridgehead atoms. The lowest BCUT2D eigenvalue weighted by atomic mass is 10.1. The summed E-state index contributed by atoms with van der Waals surface area (Å²) in [6.07, 6.45) is 2.74. The number of rotatable bonds is 2. The summed E-state index contributed by atoms with van der Waals surface area (Å²) in [6.45, 7) is 1.73. The average molecular weight is 289 g/mol. The number of nitrogens with zero attached hydrogens (tertiary/aromatic N) is 1. The van der Waals surface area contributed by atoms with E-state index < -0.39 is 0 Å². The van der Waals surface area contributed by atoms with E-state index in [2.05, 4.69) is 10.2 Å². The van der Waals surface area contributed by atoms with Gasteiger partial charge in [-0.2, -0.15) is 0 Å². The van der Waals surface area contributed by atoms with Gasteiger partial charge < -0.3 is 10.6 Å². The number of amides is 2. The van der Waals surface area contributed by atoms with Crippen molar-refractivity contribution in [2.24, 2.45) is 5.73 Å². The number of carbonyl (C=O) groups excluding carboxylic acids is 2. The van der Waals surface area contributed by atoms with Gasteiger partial charge in [-0.25, -0.2) is 0 Å². The van der Waals surface area contributed by atoms with E-state index in [0.717, 1.165) is 42.5 Å². The summed E-state index contributed by atoms with van der Waals surface area (Å²) in [4.78, 5) is 25.5. The zero-order valence-electron chi connectivity index (χ0n) is 10.8. The van der Waals surface area contributed by atoms with E-state index in [0.29, 0.717) is 4.91 Å². The van der Waals surface area contributed by atoms with Crippen molar-refractivity contribution in [3.05, 3.63) is 34.7 Å². The Morgan fingerprint density at radius 1 is 1.35 bits per heavy atom. The molecule has 5 nitrogen and oxygen atoms in total. The molecule has 2 amide bonds. The first-order valence-electron chi connectivity index (χ1n) is 6.48. The molecule has 0 saturated carbocycles. The van der Waals surface area contributed by atoms with Gasteiger partial charge in [0.1, 0.15) is 0 Å². The summed E-state index contributed by atoms with van der Waals surface area (Å²) in [6, 6.07) is 8.05. The van der Waals surface area contributed by atoms with Gasteiger partial charge in [0, 0.05) is 24.8 Å². The average Bonchev–Trinajstić information content (AvgIpc) is 2.97. The molecule has 1 aromatic rings. The Hall–Kier alpha value is -1.79. The molecule has 0 spiro atoms. The van der Waals surface area contributed by atoms with Gasteiger partial charge in [-0.15, -0.1) is 0 Å². The lowest BCUT2D eigenvalue weighted by Gasteiger charge is -2.20. The molecule has 3 N–H and O–H groups in total. The summed E-state index contributed by atoms with van der Waals surface area (Å²) in [5.41, 5.74) is 7.94. The molecule has 1 aromatic carbocycles. The van der Waals surface area contributed by atoms with E-state index in [4.69, 9.17) is 5.73 Å². The van der Waals surface area contributed by atoms with Gasteiger partial charge in [0.05, 0.1) is 4.91 Å². The summed E-state index contributed by atoms with van der Waals surface area (Å²) in [5.74, 6) is -0.326. The van der Waals surface area contributed by atoms with Crippen molar-refractivity contribution in [3.8, 4) is 0 Å². The molecule has 3 rings (SSSR count). The smallest absolute Gasteiger partial charge is 0.290 e. The predicted molar refractivity (Wildman–Crippen MR) is 80.4 cm³/mol. The van der Waals surface area contributed by atoms with Crippen LogP contribution in [0.4, 0.5) is 10.5 Å². The van der Waals surface area contributed by atoms with Gasteiger partial charge in [-0.3, -0.25) is 14.9 Å². The highest BCUT2D eigenvalue weighted by atomic mass is 32.2. The number of nitrogens with one attached hydrogen (secondary N) is 1. The van der Waals surface area contributed by atoms with Crippen LogP contribution in [0.15, 0.2) is 29.2 Å². The van der Waals surface area contributed by atoms with E-state index in [1.54, 1.807) is 6.08 Å². The Labute approximate surface area is 121 Å². The molecule has 1 unspecified atom stereocenters. The van der Waals surface area contributed by atoms with Crippen molar-refractivity contribution in [1.29, 1.82) is 0 Å². The van der Waals surface area contributed by atoms with Crippen molar-refractivity contribution in [2.45, 2.75) is 12.5 Å². The number of nitrogens with two attached hydrogens (primary N) is 1. The van der Waals surface area contributed by atoms with Crippen LogP contribution in [0.2, 0.25) is 0 Å². The third kappa shape index (κ3) is 2.57. The van der Waals surface area contributed by atoms with Gasteiger partial charge in [0.25, 0.3) is 11.1 Å². The van der Waals surface area contributed by atoms with Crippen LogP contribution in [-0.2, 0) is 4.79 Å². The van der Waals surface area contributed by atoms with Crippen molar-refractivity contribution >= 4 is 34.7 Å². The number of hydrogen-bond donors (Lipinski definition) is 2. The molecular formula is C14H15N3O2S. The molecule has 2 fully saturated rings. The molecule has 2 aliphatic rings. The third-order valence-corrected chi connectivity index (χ3v) is 4.24. The zero-order chi connectivity index (χ0) is 14.1. The second kappa shape index (κ2) is 5.30. The van der Waals surface area contributed by atoms with Crippen molar-refractivity contribution in [3.63, 3.8) is 0 Å². The van der Waals surface area contributed by atoms with Gasteiger partial charge >= 0.3 is 0 Å². The number of carbonyl (C=O) groups is 2. The number of imide groups is 1. The number of thioether (sulfide) groups is 1. The summed E-state index contributed by atoms with van der Waals surface area (Å²) in [5, 5.41) is 1.95. The van der Waals surface area contributed by atoms with Crippen LogP contribution in [0.5, 0.6) is 0 Å². The fourth-order valence-corrected chi connectivity index (χ4v) is 3.14. The predicted octanol–water partition coefficient (Wildman–Crippen LogP) is 1.55. The SMILES string of the molecule is NC1CCN(c2ccccc2/C=C2/SC(=O)NC2=O)C1. The first kappa shape index (κ1) is 13.2. The lowest BCUT2D eigenvalue weighted by molar-refractivity contribution is -0.115. The summed E-state index contributed by atoms with van der Waals surface area (Å²) in [7, 11) is 0. The summed E-state index contributed by atoms with van der Waals surface area (Å²) < 4.78 is 0. The van der Waals surface area contributed by atoms with Crippen LogP contribution in [0.1, 0.15) is 12.0 Å². The maximum Gasteiger partial charge on any atom is 0.290 e. The van der Waals surface area contributed by atoms with Gasteiger partial charge in [0.2, 0.25) is 0 Å². The van der Waals surface area contributed by atoms with Crippen LogP contribution in [0.25, 0.3) is 6.08 Å². The standard InChI is InChI=1S/C14H15N3O2S/c15-10-5-6-17(8-10)11-4-2-1-3-9(11)7-12-13(18)16-14(19)20-12/h1-4,7,10H,5-6,8,15H2,(H,16,18,19)/b12-7+. The van der Waals surface area contributed by atoms with Crippen LogP contribution in [-0.4, -0.2) is 30.3 Å². The molecule has 0 aromatic heterocycles. The first-order valence-corrected chi connectivity index (χ1v) is 7.29. The Balaban J connectivity index is 1.92. The number of anilines is 1. The van der Waals surface area contributed by atoms with Crippen molar-refractivity contribution in [1.82, 2.24) is 5.32 Å². The Bertz CT molecular complexity index is 600. The minimum absolute atomic E-state index is 0.196. The van der Waals surface area contributed by atoms with E-state index in [-0.39, 0.29) is 17.2 Å². The van der Waals surface area contributed by atoms with Gasteiger partial charge in [0.15, 0.2) is 0 Å². The van der Waals surface area contributed by atoms with Gasteiger partial charge in [-0.05, 0) is 35.9 Å². The molecule has 0 radical (unpaired) electrons. The van der Waals surface area contributed by atoms with Crippen molar-refractivity contribution in [2.75, 3.05) is 18.0 Å². The second-order valence-electron chi connectivity index (χ2n) is 4.91. The van der Waals surface area contributed by atoms with Crippen LogP contribution < -0.4 is 16.0 Å². The maximum absolute atomic E-state index is 11.6. The zero-order valence-corrected chi connectivity index (χ0v) is 11.7. The largest absolute Gasteiger partial charge is 0.369 e. The van der Waals surface area contributed by atoms with E-state index in [1.165, 1.54) is 0 Å². The normalized spacial score (nSPS) is 24.6. The van der Waals surface area contributed by atoms with Crippen LogP contribution in [0.3, 0.4) is 0 Å². The van der Waals surface area contributed by atoms with Crippen LogP contribution >= 0.6 is 11.8 Å². The van der Waals surface area contributed by atoms with E-state index >= 15 is 0 Å². The highest BCUT2D eigenvalue weighted by Gasteiger charge is 2.26. The molecule has 1 atom stereocenters. The Morgan fingerprint density at radius 2 is 2.15 bits per heavy atom. The molecule has 2 heterocycles. The van der Waals surface area contributed by atoms with Crippen LogP contribution in [0, 0.1) is 0 Å². The van der Waals surface area contributed by atoms with Crippen molar-refractivity contribution < 1.29 is 9.59 Å². The Kier molecular flexibility index (Phi) is 3.50. The van der Waals surface area contributed by atoms with Gasteiger partial charge in [-0.1, -0.05) is 18.2 Å². The Morgan fingerprint density at radius 3 is 2.80 bits per heavy atom. The lowest BCUT2D eigenvalue weighted by Crippen LogP contribution is -2.26. The number of para-hydroxylation sites is 1. The fourth-order valence-electron chi connectivity index (χ4n) is 2.47. The number of benzene rings is 1. The minimum atomic E-state index is -0.326. The fraction of sp³-hybridized carbons (Fsp3) is 0.286. The highest BCUT2D eigenvalue weighted by molar-refractivity contribution is 8.18. The minimum Gasteiger partial charge on any atom is -0.369 e.